The Morgan fingerprint density at radius 1 is 1.46 bits per heavy atom. The number of piperidine rings is 1. The lowest BCUT2D eigenvalue weighted by Gasteiger charge is -2.32. The second kappa shape index (κ2) is 7.74. The van der Waals surface area contributed by atoms with E-state index in [-0.39, 0.29) is 30.6 Å². The molecule has 0 aromatic heterocycles. The van der Waals surface area contributed by atoms with Crippen LogP contribution in [-0.4, -0.2) is 42.3 Å². The van der Waals surface area contributed by atoms with Crippen molar-refractivity contribution in [3.63, 3.8) is 0 Å². The number of hydrogen-bond acceptors (Lipinski definition) is 3. The first-order valence-electron chi connectivity index (χ1n) is 7.86. The first-order chi connectivity index (χ1) is 11.3. The van der Waals surface area contributed by atoms with Crippen molar-refractivity contribution in [3.8, 4) is 5.75 Å². The summed E-state index contributed by atoms with van der Waals surface area (Å²) in [4.78, 5) is 13.7. The van der Waals surface area contributed by atoms with E-state index in [1.807, 2.05) is 0 Å². The van der Waals surface area contributed by atoms with Gasteiger partial charge in [0.05, 0.1) is 17.9 Å². The van der Waals surface area contributed by atoms with Crippen LogP contribution in [0.1, 0.15) is 25.3 Å². The molecule has 0 spiro atoms. The van der Waals surface area contributed by atoms with Gasteiger partial charge in [0.25, 0.3) is 0 Å². The first-order valence-corrected chi connectivity index (χ1v) is 7.86. The zero-order chi connectivity index (χ0) is 17.7. The van der Waals surface area contributed by atoms with Gasteiger partial charge in [-0.15, -0.1) is 0 Å². The standard InChI is InChI=1S/C16H21F3N2O3/c1-2-24-12-5-6-14(13(8-12)16(17,18)19)20-15(23)21-7-3-4-11(9-21)10-22/h5-6,8,11,22H,2-4,7,9-10H2,1H3,(H,20,23). The molecule has 1 heterocycles. The van der Waals surface area contributed by atoms with E-state index in [1.54, 1.807) is 6.92 Å². The maximum absolute atomic E-state index is 13.2. The van der Waals surface area contributed by atoms with E-state index >= 15 is 0 Å². The number of aliphatic hydroxyl groups is 1. The molecular formula is C16H21F3N2O3. The monoisotopic (exact) mass is 346 g/mol. The van der Waals surface area contributed by atoms with Gasteiger partial charge in [-0.05, 0) is 43.9 Å². The average molecular weight is 346 g/mol. The number of rotatable bonds is 4. The van der Waals surface area contributed by atoms with Gasteiger partial charge in [0.1, 0.15) is 5.75 Å². The third-order valence-corrected chi connectivity index (χ3v) is 3.91. The van der Waals surface area contributed by atoms with E-state index in [0.29, 0.717) is 19.5 Å². The van der Waals surface area contributed by atoms with E-state index in [1.165, 1.54) is 17.0 Å². The van der Waals surface area contributed by atoms with Gasteiger partial charge in [-0.3, -0.25) is 0 Å². The van der Waals surface area contributed by atoms with Crippen LogP contribution >= 0.6 is 0 Å². The number of anilines is 1. The Labute approximate surface area is 138 Å². The number of nitrogens with one attached hydrogen (secondary N) is 1. The average Bonchev–Trinajstić information content (AvgIpc) is 2.55. The van der Waals surface area contributed by atoms with Crippen molar-refractivity contribution in [2.75, 3.05) is 31.6 Å². The van der Waals surface area contributed by atoms with Crippen LogP contribution in [0.2, 0.25) is 0 Å². The lowest BCUT2D eigenvalue weighted by molar-refractivity contribution is -0.137. The maximum Gasteiger partial charge on any atom is 0.418 e. The summed E-state index contributed by atoms with van der Waals surface area (Å²) in [5.74, 6) is 0.0630. The van der Waals surface area contributed by atoms with Crippen LogP contribution < -0.4 is 10.1 Å². The van der Waals surface area contributed by atoms with Crippen molar-refractivity contribution in [1.82, 2.24) is 4.90 Å². The number of alkyl halides is 3. The number of ether oxygens (including phenoxy) is 1. The summed E-state index contributed by atoms with van der Waals surface area (Å²) >= 11 is 0. The quantitative estimate of drug-likeness (QED) is 0.879. The molecule has 0 bridgehead atoms. The minimum absolute atomic E-state index is 0.0353. The highest BCUT2D eigenvalue weighted by molar-refractivity contribution is 5.90. The zero-order valence-corrected chi connectivity index (χ0v) is 13.4. The molecule has 1 unspecified atom stereocenters. The number of hydrogen-bond donors (Lipinski definition) is 2. The molecule has 1 atom stereocenters. The lowest BCUT2D eigenvalue weighted by Crippen LogP contribution is -2.43. The molecular weight excluding hydrogens is 325 g/mol. The van der Waals surface area contributed by atoms with E-state index in [4.69, 9.17) is 4.74 Å². The van der Waals surface area contributed by atoms with Crippen LogP contribution in [0.15, 0.2) is 18.2 Å². The van der Waals surface area contributed by atoms with Crippen LogP contribution in [0.5, 0.6) is 5.75 Å². The number of likely N-dealkylation sites (tertiary alicyclic amines) is 1. The van der Waals surface area contributed by atoms with E-state index in [9.17, 15) is 23.1 Å². The third-order valence-electron chi connectivity index (χ3n) is 3.91. The summed E-state index contributed by atoms with van der Waals surface area (Å²) in [6.07, 6.45) is -3.09. The number of nitrogens with zero attached hydrogens (tertiary/aromatic N) is 1. The van der Waals surface area contributed by atoms with Crippen molar-refractivity contribution >= 4 is 11.7 Å². The summed E-state index contributed by atoms with van der Waals surface area (Å²) in [6, 6.07) is 2.87. The number of benzene rings is 1. The van der Waals surface area contributed by atoms with Gasteiger partial charge < -0.3 is 20.1 Å². The number of halogens is 3. The van der Waals surface area contributed by atoms with E-state index in [2.05, 4.69) is 5.32 Å². The largest absolute Gasteiger partial charge is 0.494 e. The highest BCUT2D eigenvalue weighted by Crippen LogP contribution is 2.37. The highest BCUT2D eigenvalue weighted by atomic mass is 19.4. The first kappa shape index (κ1) is 18.4. The molecule has 1 aromatic carbocycles. The molecule has 2 N–H and O–H groups in total. The van der Waals surface area contributed by atoms with E-state index in [0.717, 1.165) is 12.5 Å². The van der Waals surface area contributed by atoms with Gasteiger partial charge in [-0.25, -0.2) is 4.79 Å². The zero-order valence-electron chi connectivity index (χ0n) is 13.4. The molecule has 2 amide bonds. The number of aliphatic hydroxyl groups excluding tert-OH is 1. The smallest absolute Gasteiger partial charge is 0.418 e. The van der Waals surface area contributed by atoms with Crippen molar-refractivity contribution in [1.29, 1.82) is 0 Å². The Balaban J connectivity index is 2.17. The fourth-order valence-electron chi connectivity index (χ4n) is 2.72. The molecule has 0 aliphatic carbocycles. The van der Waals surface area contributed by atoms with E-state index < -0.39 is 17.8 Å². The van der Waals surface area contributed by atoms with Gasteiger partial charge >= 0.3 is 12.2 Å². The third kappa shape index (κ3) is 4.53. The van der Waals surface area contributed by atoms with Crippen molar-refractivity contribution in [3.05, 3.63) is 23.8 Å². The Morgan fingerprint density at radius 2 is 2.21 bits per heavy atom. The van der Waals surface area contributed by atoms with Crippen LogP contribution in [0.25, 0.3) is 0 Å². The fourth-order valence-corrected chi connectivity index (χ4v) is 2.72. The molecule has 1 aromatic rings. The maximum atomic E-state index is 13.2. The van der Waals surface area contributed by atoms with Crippen LogP contribution in [0, 0.1) is 5.92 Å². The van der Waals surface area contributed by atoms with Crippen LogP contribution in [0.4, 0.5) is 23.7 Å². The number of carbonyl (C=O) groups excluding carboxylic acids is 1. The van der Waals surface area contributed by atoms with Gasteiger partial charge in [0.15, 0.2) is 0 Å². The van der Waals surface area contributed by atoms with Crippen molar-refractivity contribution < 1.29 is 27.8 Å². The summed E-state index contributed by atoms with van der Waals surface area (Å²) in [6.45, 7) is 2.68. The summed E-state index contributed by atoms with van der Waals surface area (Å²) in [5.41, 5.74) is -1.25. The highest BCUT2D eigenvalue weighted by Gasteiger charge is 2.35. The minimum Gasteiger partial charge on any atom is -0.494 e. The molecule has 24 heavy (non-hydrogen) atoms. The van der Waals surface area contributed by atoms with Gasteiger partial charge in [0, 0.05) is 19.7 Å². The summed E-state index contributed by atoms with van der Waals surface area (Å²) in [7, 11) is 0. The number of amides is 2. The minimum atomic E-state index is -4.61. The second-order valence-corrected chi connectivity index (χ2v) is 5.71. The fraction of sp³-hybridized carbons (Fsp3) is 0.562. The predicted octanol–water partition coefficient (Wildman–Crippen LogP) is 3.34. The molecule has 1 aliphatic heterocycles. The SMILES string of the molecule is CCOc1ccc(NC(=O)N2CCCC(CO)C2)c(C(F)(F)F)c1. The van der Waals surface area contributed by atoms with Gasteiger partial charge in [-0.1, -0.05) is 0 Å². The topological polar surface area (TPSA) is 61.8 Å². The number of urea groups is 1. The van der Waals surface area contributed by atoms with Gasteiger partial charge in [0.2, 0.25) is 0 Å². The van der Waals surface area contributed by atoms with Crippen molar-refractivity contribution in [2.24, 2.45) is 5.92 Å². The Morgan fingerprint density at radius 3 is 2.83 bits per heavy atom. The molecule has 1 saturated heterocycles. The molecule has 134 valence electrons. The summed E-state index contributed by atoms with van der Waals surface area (Å²) < 4.78 is 44.8. The normalized spacial score (nSPS) is 18.4. The van der Waals surface area contributed by atoms with Crippen molar-refractivity contribution in [2.45, 2.75) is 25.9 Å². The lowest BCUT2D eigenvalue weighted by atomic mass is 9.99. The molecule has 5 nitrogen and oxygen atoms in total. The molecule has 1 fully saturated rings. The number of carbonyl (C=O) groups is 1. The summed E-state index contributed by atoms with van der Waals surface area (Å²) in [5, 5.41) is 11.5. The molecule has 1 aliphatic rings. The molecule has 0 saturated carbocycles. The van der Waals surface area contributed by atoms with Gasteiger partial charge in [-0.2, -0.15) is 13.2 Å². The molecule has 8 heteroatoms. The predicted molar refractivity (Wildman–Crippen MR) is 83.0 cm³/mol. The Kier molecular flexibility index (Phi) is 5.93. The second-order valence-electron chi connectivity index (χ2n) is 5.71. The van der Waals surface area contributed by atoms with Crippen LogP contribution in [0.3, 0.4) is 0 Å². The molecule has 2 rings (SSSR count). The Bertz CT molecular complexity index is 578. The van der Waals surface area contributed by atoms with Crippen LogP contribution in [-0.2, 0) is 6.18 Å². The Hall–Kier alpha value is -1.96. The molecule has 0 radical (unpaired) electrons.